The molecule has 2 heterocycles. The van der Waals surface area contributed by atoms with Gasteiger partial charge in [-0.1, -0.05) is 23.2 Å². The molecule has 0 N–H and O–H groups in total. The van der Waals surface area contributed by atoms with Gasteiger partial charge < -0.3 is 4.90 Å². The Hall–Kier alpha value is -0.910. The first-order valence-electron chi connectivity index (χ1n) is 6.24. The molecular formula is C13H12Cl2N2O2S. The van der Waals surface area contributed by atoms with Gasteiger partial charge in [-0.25, -0.2) is 9.69 Å². The summed E-state index contributed by atoms with van der Waals surface area (Å²) in [5.41, 5.74) is 0.478. The average molecular weight is 331 g/mol. The number of hydrogen-bond acceptors (Lipinski definition) is 3. The molecular weight excluding hydrogens is 319 g/mol. The number of carbonyl (C=O) groups excluding carboxylic acids is 2. The summed E-state index contributed by atoms with van der Waals surface area (Å²) in [7, 11) is 0. The molecule has 4 nitrogen and oxygen atoms in total. The number of benzene rings is 1. The van der Waals surface area contributed by atoms with E-state index in [9.17, 15) is 9.59 Å². The predicted octanol–water partition coefficient (Wildman–Crippen LogP) is 3.27. The smallest absolute Gasteiger partial charge is 0.319 e. The van der Waals surface area contributed by atoms with Gasteiger partial charge in [0.25, 0.3) is 0 Å². The van der Waals surface area contributed by atoms with Crippen molar-refractivity contribution in [2.75, 3.05) is 23.0 Å². The molecule has 2 saturated heterocycles. The van der Waals surface area contributed by atoms with Gasteiger partial charge in [-0.15, -0.1) is 0 Å². The fourth-order valence-electron chi connectivity index (χ4n) is 2.48. The zero-order valence-electron chi connectivity index (χ0n) is 10.5. The third kappa shape index (κ3) is 2.38. The van der Waals surface area contributed by atoms with E-state index in [0.29, 0.717) is 28.7 Å². The minimum atomic E-state index is -0.259. The Morgan fingerprint density at radius 2 is 2.00 bits per heavy atom. The Bertz CT molecular complexity index is 581. The van der Waals surface area contributed by atoms with Crippen LogP contribution in [0.5, 0.6) is 0 Å². The predicted molar refractivity (Wildman–Crippen MR) is 81.8 cm³/mol. The Morgan fingerprint density at radius 3 is 2.75 bits per heavy atom. The summed E-state index contributed by atoms with van der Waals surface area (Å²) in [5.74, 6) is 1.55. The number of nitrogens with zero attached hydrogens (tertiary/aromatic N) is 2. The topological polar surface area (TPSA) is 40.6 Å². The molecule has 0 saturated carbocycles. The average Bonchev–Trinajstić information content (AvgIpc) is 2.43. The summed E-state index contributed by atoms with van der Waals surface area (Å²) < 4.78 is 0. The van der Waals surface area contributed by atoms with Crippen molar-refractivity contribution in [2.45, 2.75) is 12.5 Å². The normalized spacial score (nSPS) is 23.0. The highest BCUT2D eigenvalue weighted by atomic mass is 35.5. The van der Waals surface area contributed by atoms with Crippen LogP contribution in [0, 0.1) is 0 Å². The van der Waals surface area contributed by atoms with E-state index in [4.69, 9.17) is 23.2 Å². The molecule has 20 heavy (non-hydrogen) atoms. The number of carbonyl (C=O) groups is 2. The maximum atomic E-state index is 12.5. The number of thioether (sulfide) groups is 1. The quantitative estimate of drug-likeness (QED) is 0.793. The van der Waals surface area contributed by atoms with E-state index >= 15 is 0 Å². The van der Waals surface area contributed by atoms with Crippen LogP contribution in [-0.4, -0.2) is 40.9 Å². The largest absolute Gasteiger partial charge is 0.331 e. The van der Waals surface area contributed by atoms with E-state index < -0.39 is 0 Å². The second-order valence-corrected chi connectivity index (χ2v) is 6.70. The summed E-state index contributed by atoms with van der Waals surface area (Å²) in [4.78, 5) is 27.7. The minimum absolute atomic E-state index is 0.0211. The first kappa shape index (κ1) is 14.0. The summed E-state index contributed by atoms with van der Waals surface area (Å²) >= 11 is 13.6. The number of urea groups is 1. The van der Waals surface area contributed by atoms with Gasteiger partial charge in [-0.3, -0.25) is 4.79 Å². The lowest BCUT2D eigenvalue weighted by molar-refractivity contribution is -0.120. The van der Waals surface area contributed by atoms with Gasteiger partial charge in [0.1, 0.15) is 0 Å². The van der Waals surface area contributed by atoms with E-state index in [-0.39, 0.29) is 18.0 Å². The molecule has 2 aliphatic rings. The van der Waals surface area contributed by atoms with Crippen LogP contribution >= 0.6 is 35.0 Å². The monoisotopic (exact) mass is 330 g/mol. The van der Waals surface area contributed by atoms with E-state index in [0.717, 1.165) is 11.5 Å². The van der Waals surface area contributed by atoms with Crippen molar-refractivity contribution in [3.05, 3.63) is 28.2 Å². The first-order chi connectivity index (χ1) is 9.58. The fraction of sp³-hybridized carbons (Fsp3) is 0.385. The van der Waals surface area contributed by atoms with E-state index in [2.05, 4.69) is 0 Å². The zero-order chi connectivity index (χ0) is 14.3. The van der Waals surface area contributed by atoms with Crippen LogP contribution < -0.4 is 4.90 Å². The minimum Gasteiger partial charge on any atom is -0.319 e. The van der Waals surface area contributed by atoms with Crippen molar-refractivity contribution in [1.29, 1.82) is 0 Å². The Kier molecular flexibility index (Phi) is 3.84. The van der Waals surface area contributed by atoms with Gasteiger partial charge in [0, 0.05) is 24.5 Å². The molecule has 0 bridgehead atoms. The van der Waals surface area contributed by atoms with Crippen LogP contribution in [0.1, 0.15) is 6.42 Å². The molecule has 1 unspecified atom stereocenters. The van der Waals surface area contributed by atoms with Crippen molar-refractivity contribution >= 4 is 52.6 Å². The van der Waals surface area contributed by atoms with Crippen LogP contribution in [0.25, 0.3) is 0 Å². The molecule has 0 spiro atoms. The number of fused-ring (bicyclic) bond motifs is 1. The molecule has 1 atom stereocenters. The molecule has 3 amide bonds. The Balaban J connectivity index is 1.93. The number of rotatable bonds is 1. The lowest BCUT2D eigenvalue weighted by atomic mass is 10.1. The SMILES string of the molecule is O=C1CC2CSCCN2C(=O)N1c1ccc(Cl)c(Cl)c1. The van der Waals surface area contributed by atoms with Crippen molar-refractivity contribution in [1.82, 2.24) is 4.90 Å². The number of halogens is 2. The van der Waals surface area contributed by atoms with Gasteiger partial charge >= 0.3 is 6.03 Å². The number of imide groups is 1. The molecule has 2 fully saturated rings. The second kappa shape index (κ2) is 5.47. The Labute approximate surface area is 131 Å². The molecule has 7 heteroatoms. The lowest BCUT2D eigenvalue weighted by Gasteiger charge is -2.42. The van der Waals surface area contributed by atoms with Crippen molar-refractivity contribution in [3.8, 4) is 0 Å². The lowest BCUT2D eigenvalue weighted by Crippen LogP contribution is -2.59. The highest BCUT2D eigenvalue weighted by Gasteiger charge is 2.40. The second-order valence-electron chi connectivity index (χ2n) is 4.74. The zero-order valence-corrected chi connectivity index (χ0v) is 12.8. The van der Waals surface area contributed by atoms with Crippen molar-refractivity contribution < 1.29 is 9.59 Å². The third-order valence-electron chi connectivity index (χ3n) is 3.49. The fourth-order valence-corrected chi connectivity index (χ4v) is 3.84. The maximum absolute atomic E-state index is 12.5. The van der Waals surface area contributed by atoms with Crippen LogP contribution in [0.4, 0.5) is 10.5 Å². The molecule has 1 aromatic carbocycles. The molecule has 0 aliphatic carbocycles. The van der Waals surface area contributed by atoms with Crippen LogP contribution in [-0.2, 0) is 4.79 Å². The highest BCUT2D eigenvalue weighted by molar-refractivity contribution is 7.99. The summed E-state index contributed by atoms with van der Waals surface area (Å²) in [5, 5.41) is 0.737. The maximum Gasteiger partial charge on any atom is 0.331 e. The van der Waals surface area contributed by atoms with Gasteiger partial charge in [0.2, 0.25) is 5.91 Å². The van der Waals surface area contributed by atoms with E-state index in [1.807, 2.05) is 0 Å². The molecule has 0 radical (unpaired) electrons. The molecule has 0 aromatic heterocycles. The van der Waals surface area contributed by atoms with E-state index in [1.165, 1.54) is 4.90 Å². The molecule has 3 rings (SSSR count). The molecule has 1 aromatic rings. The van der Waals surface area contributed by atoms with Crippen LogP contribution in [0.3, 0.4) is 0 Å². The summed E-state index contributed by atoms with van der Waals surface area (Å²) in [6, 6.07) is 4.55. The molecule has 106 valence electrons. The van der Waals surface area contributed by atoms with Crippen LogP contribution in [0.15, 0.2) is 18.2 Å². The summed E-state index contributed by atoms with van der Waals surface area (Å²) in [6.45, 7) is 0.680. The highest BCUT2D eigenvalue weighted by Crippen LogP contribution is 2.32. The van der Waals surface area contributed by atoms with Crippen molar-refractivity contribution in [2.24, 2.45) is 0 Å². The van der Waals surface area contributed by atoms with Gasteiger partial charge in [-0.05, 0) is 18.2 Å². The Morgan fingerprint density at radius 1 is 1.20 bits per heavy atom. The van der Waals surface area contributed by atoms with Crippen LogP contribution in [0.2, 0.25) is 10.0 Å². The van der Waals surface area contributed by atoms with Gasteiger partial charge in [-0.2, -0.15) is 11.8 Å². The number of anilines is 1. The number of hydrogen-bond donors (Lipinski definition) is 0. The van der Waals surface area contributed by atoms with Crippen molar-refractivity contribution in [3.63, 3.8) is 0 Å². The number of amides is 3. The standard InChI is InChI=1S/C13H12Cl2N2O2S/c14-10-2-1-8(5-11(10)15)17-12(18)6-9-7-20-4-3-16(9)13(17)19/h1-2,5,9H,3-4,6-7H2. The first-order valence-corrected chi connectivity index (χ1v) is 8.15. The molecule has 2 aliphatic heterocycles. The third-order valence-corrected chi connectivity index (χ3v) is 5.32. The van der Waals surface area contributed by atoms with E-state index in [1.54, 1.807) is 34.9 Å². The summed E-state index contributed by atoms with van der Waals surface area (Å²) in [6.07, 6.45) is 0.360. The van der Waals surface area contributed by atoms with Gasteiger partial charge in [0.15, 0.2) is 0 Å². The van der Waals surface area contributed by atoms with Gasteiger partial charge in [0.05, 0.1) is 21.8 Å².